The third kappa shape index (κ3) is 6.64. The van der Waals surface area contributed by atoms with Gasteiger partial charge in [0.05, 0.1) is 17.9 Å². The van der Waals surface area contributed by atoms with Crippen LogP contribution < -0.4 is 10.9 Å². The van der Waals surface area contributed by atoms with Gasteiger partial charge in [0.15, 0.2) is 0 Å². The lowest BCUT2D eigenvalue weighted by molar-refractivity contribution is 0.0499. The van der Waals surface area contributed by atoms with Crippen molar-refractivity contribution in [2.45, 2.75) is 52.4 Å². The molecule has 0 unspecified atom stereocenters. The zero-order valence-electron chi connectivity index (χ0n) is 19.1. The van der Waals surface area contributed by atoms with Crippen molar-refractivity contribution in [1.29, 1.82) is 0 Å². The van der Waals surface area contributed by atoms with E-state index in [9.17, 15) is 9.90 Å². The molecule has 0 spiro atoms. The molecule has 5 heteroatoms. The van der Waals surface area contributed by atoms with Crippen LogP contribution >= 0.6 is 0 Å². The van der Waals surface area contributed by atoms with Crippen LogP contribution in [0.15, 0.2) is 60.7 Å². The van der Waals surface area contributed by atoms with E-state index in [1.807, 2.05) is 42.5 Å². The molecule has 170 valence electrons. The third-order valence-electron chi connectivity index (χ3n) is 5.54. The molecule has 0 aliphatic heterocycles. The van der Waals surface area contributed by atoms with Crippen LogP contribution in [0.25, 0.3) is 10.8 Å². The molecule has 0 heterocycles. The van der Waals surface area contributed by atoms with Crippen LogP contribution in [-0.4, -0.2) is 17.7 Å². The highest BCUT2D eigenvalue weighted by molar-refractivity contribution is 5.98. The van der Waals surface area contributed by atoms with E-state index in [1.54, 1.807) is 18.2 Å². The number of phenolic OH excluding ortho intramolecular Hbond substituents is 1. The van der Waals surface area contributed by atoms with Crippen LogP contribution in [0, 0.1) is 5.92 Å². The van der Waals surface area contributed by atoms with Gasteiger partial charge in [-0.3, -0.25) is 10.9 Å². The normalized spacial score (nSPS) is 11.0. The van der Waals surface area contributed by atoms with Gasteiger partial charge in [-0.05, 0) is 35.9 Å². The average molecular weight is 435 g/mol. The quantitative estimate of drug-likeness (QED) is 0.122. The summed E-state index contributed by atoms with van der Waals surface area (Å²) in [6.07, 6.45) is 6.93. The second-order valence-electron chi connectivity index (χ2n) is 8.56. The molecule has 0 saturated carbocycles. The van der Waals surface area contributed by atoms with Gasteiger partial charge in [0, 0.05) is 5.39 Å². The molecule has 0 atom stereocenters. The van der Waals surface area contributed by atoms with Crippen molar-refractivity contribution in [3.63, 3.8) is 0 Å². The number of hydrogen-bond donors (Lipinski definition) is 3. The number of carbonyl (C=O) groups excluding carboxylic acids is 1. The fourth-order valence-electron chi connectivity index (χ4n) is 3.72. The van der Waals surface area contributed by atoms with Gasteiger partial charge < -0.3 is 9.84 Å². The Bertz CT molecular complexity index is 1020. The van der Waals surface area contributed by atoms with Crippen molar-refractivity contribution >= 4 is 28.1 Å². The maximum absolute atomic E-state index is 12.6. The van der Waals surface area contributed by atoms with Gasteiger partial charge in [0.1, 0.15) is 11.4 Å². The molecule has 0 bridgehead atoms. The Morgan fingerprint density at radius 2 is 1.59 bits per heavy atom. The predicted octanol–water partition coefficient (Wildman–Crippen LogP) is 7.14. The lowest BCUT2D eigenvalue weighted by Gasteiger charge is -2.16. The van der Waals surface area contributed by atoms with Crippen LogP contribution in [0.2, 0.25) is 0 Å². The Kier molecular flexibility index (Phi) is 8.79. The number of phenols is 1. The fourth-order valence-corrected chi connectivity index (χ4v) is 3.72. The lowest BCUT2D eigenvalue weighted by atomic mass is 10.0. The first-order valence-corrected chi connectivity index (χ1v) is 11.5. The highest BCUT2D eigenvalue weighted by Crippen LogP contribution is 2.32. The number of fused-ring (bicyclic) bond motifs is 1. The van der Waals surface area contributed by atoms with Crippen LogP contribution in [0.5, 0.6) is 5.75 Å². The largest absolute Gasteiger partial charge is 0.506 e. The van der Waals surface area contributed by atoms with E-state index in [-0.39, 0.29) is 11.7 Å². The van der Waals surface area contributed by atoms with E-state index in [4.69, 9.17) is 4.74 Å². The maximum atomic E-state index is 12.6. The number of ether oxygens (including phenoxy) is 1. The number of hydrogen-bond acceptors (Lipinski definition) is 5. The summed E-state index contributed by atoms with van der Waals surface area (Å²) in [6.45, 7) is 4.94. The summed E-state index contributed by atoms with van der Waals surface area (Å²) in [6, 6.07) is 18.5. The van der Waals surface area contributed by atoms with E-state index < -0.39 is 0 Å². The predicted molar refractivity (Wildman–Crippen MR) is 132 cm³/mol. The second kappa shape index (κ2) is 12.0. The zero-order valence-corrected chi connectivity index (χ0v) is 19.1. The van der Waals surface area contributed by atoms with Gasteiger partial charge in [-0.1, -0.05) is 88.4 Å². The minimum Gasteiger partial charge on any atom is -0.506 e. The smallest absolute Gasteiger partial charge is 0.340 e. The molecule has 0 amide bonds. The maximum Gasteiger partial charge on any atom is 0.340 e. The molecular formula is C27H34N2O3. The number of esters is 1. The van der Waals surface area contributed by atoms with Crippen LogP contribution in [-0.2, 0) is 4.74 Å². The van der Waals surface area contributed by atoms with Crippen molar-refractivity contribution in [2.24, 2.45) is 5.92 Å². The number of aromatic hydroxyl groups is 1. The van der Waals surface area contributed by atoms with E-state index in [0.717, 1.165) is 29.5 Å². The molecule has 0 fully saturated rings. The number of unbranched alkanes of at least 4 members (excludes halogenated alkanes) is 4. The summed E-state index contributed by atoms with van der Waals surface area (Å²) < 4.78 is 5.50. The molecule has 0 aromatic heterocycles. The van der Waals surface area contributed by atoms with Crippen LogP contribution in [0.4, 0.5) is 11.4 Å². The summed E-state index contributed by atoms with van der Waals surface area (Å²) in [5.74, 6) is 0.546. The number of carbonyl (C=O) groups is 1. The SMILES string of the molecule is CC(C)CCCCCCCOC(=O)c1ccccc1NNc1c(O)ccc2ccccc12. The molecule has 0 aliphatic carbocycles. The van der Waals surface area contributed by atoms with E-state index in [0.29, 0.717) is 23.5 Å². The highest BCUT2D eigenvalue weighted by atomic mass is 16.5. The van der Waals surface area contributed by atoms with E-state index >= 15 is 0 Å². The standard InChI is InChI=1S/C27H34N2O3/c1-20(2)12-6-4-3-5-11-19-32-27(31)23-15-9-10-16-24(23)28-29-26-22-14-8-7-13-21(22)17-18-25(26)30/h7-10,13-18,20,28-30H,3-6,11-12,19H2,1-2H3. The number of para-hydroxylation sites is 1. The van der Waals surface area contributed by atoms with E-state index in [1.165, 1.54) is 25.7 Å². The van der Waals surface area contributed by atoms with Gasteiger partial charge in [0.25, 0.3) is 0 Å². The first-order valence-electron chi connectivity index (χ1n) is 11.5. The molecular weight excluding hydrogens is 400 g/mol. The average Bonchev–Trinajstić information content (AvgIpc) is 2.80. The van der Waals surface area contributed by atoms with Gasteiger partial charge in [-0.25, -0.2) is 4.79 Å². The summed E-state index contributed by atoms with van der Waals surface area (Å²) in [4.78, 5) is 12.6. The summed E-state index contributed by atoms with van der Waals surface area (Å²) in [7, 11) is 0. The number of hydrazine groups is 1. The molecule has 3 rings (SSSR count). The van der Waals surface area contributed by atoms with Gasteiger partial charge in [-0.2, -0.15) is 0 Å². The van der Waals surface area contributed by atoms with Gasteiger partial charge in [0.2, 0.25) is 0 Å². The number of benzene rings is 3. The molecule has 0 radical (unpaired) electrons. The number of nitrogens with one attached hydrogen (secondary N) is 2. The molecule has 32 heavy (non-hydrogen) atoms. The molecule has 0 saturated heterocycles. The van der Waals surface area contributed by atoms with Crippen molar-refractivity contribution in [3.05, 3.63) is 66.2 Å². The Labute approximate surface area is 190 Å². The van der Waals surface area contributed by atoms with Crippen molar-refractivity contribution in [2.75, 3.05) is 17.5 Å². The minimum atomic E-state index is -0.350. The Hall–Kier alpha value is -3.21. The zero-order chi connectivity index (χ0) is 22.8. The fraction of sp³-hybridized carbons (Fsp3) is 0.370. The molecule has 5 nitrogen and oxygen atoms in total. The van der Waals surface area contributed by atoms with Crippen molar-refractivity contribution < 1.29 is 14.6 Å². The summed E-state index contributed by atoms with van der Waals surface area (Å²) in [5.41, 5.74) is 7.74. The Morgan fingerprint density at radius 3 is 2.44 bits per heavy atom. The third-order valence-corrected chi connectivity index (χ3v) is 5.54. The second-order valence-corrected chi connectivity index (χ2v) is 8.56. The highest BCUT2D eigenvalue weighted by Gasteiger charge is 2.13. The first kappa shape index (κ1) is 23.5. The molecule has 0 aliphatic rings. The van der Waals surface area contributed by atoms with Crippen molar-refractivity contribution in [1.82, 2.24) is 0 Å². The number of anilines is 2. The first-order chi connectivity index (χ1) is 15.6. The van der Waals surface area contributed by atoms with Gasteiger partial charge in [-0.15, -0.1) is 0 Å². The monoisotopic (exact) mass is 434 g/mol. The number of rotatable bonds is 12. The van der Waals surface area contributed by atoms with Crippen LogP contribution in [0.1, 0.15) is 62.7 Å². The Balaban J connectivity index is 1.53. The molecule has 3 N–H and O–H groups in total. The van der Waals surface area contributed by atoms with E-state index in [2.05, 4.69) is 24.7 Å². The van der Waals surface area contributed by atoms with Gasteiger partial charge >= 0.3 is 5.97 Å². The molecule has 3 aromatic rings. The molecule has 3 aromatic carbocycles. The minimum absolute atomic E-state index is 0.129. The topological polar surface area (TPSA) is 70.6 Å². The lowest BCUT2D eigenvalue weighted by Crippen LogP contribution is -2.14. The van der Waals surface area contributed by atoms with Crippen LogP contribution in [0.3, 0.4) is 0 Å². The summed E-state index contributed by atoms with van der Waals surface area (Å²) >= 11 is 0. The summed E-state index contributed by atoms with van der Waals surface area (Å²) in [5, 5.41) is 12.2. The Morgan fingerprint density at radius 1 is 0.875 bits per heavy atom. The van der Waals surface area contributed by atoms with Crippen molar-refractivity contribution in [3.8, 4) is 5.75 Å².